The normalized spacial score (nSPS) is 15.9. The van der Waals surface area contributed by atoms with E-state index in [0.717, 1.165) is 49.7 Å². The Morgan fingerprint density at radius 2 is 2.00 bits per heavy atom. The Morgan fingerprint density at radius 3 is 2.74 bits per heavy atom. The number of anilines is 1. The Morgan fingerprint density at radius 1 is 1.17 bits per heavy atom. The molecule has 6 nitrogen and oxygen atoms in total. The molecule has 0 saturated carbocycles. The summed E-state index contributed by atoms with van der Waals surface area (Å²) in [5.74, 6) is 1.47. The fraction of sp³-hybridized carbons (Fsp3) is 0.375. The minimum Gasteiger partial charge on any atom is -0.341 e. The van der Waals surface area contributed by atoms with E-state index < -0.39 is 0 Å². The van der Waals surface area contributed by atoms with Crippen molar-refractivity contribution >= 4 is 17.3 Å². The van der Waals surface area contributed by atoms with Gasteiger partial charge in [-0.25, -0.2) is 9.97 Å². The van der Waals surface area contributed by atoms with Gasteiger partial charge in [-0.3, -0.25) is 4.68 Å². The molecule has 0 spiro atoms. The van der Waals surface area contributed by atoms with Gasteiger partial charge in [-0.2, -0.15) is 11.3 Å². The monoisotopic (exact) mass is 326 g/mol. The van der Waals surface area contributed by atoms with Crippen molar-refractivity contribution in [1.29, 1.82) is 0 Å². The third-order valence-corrected chi connectivity index (χ3v) is 4.93. The van der Waals surface area contributed by atoms with E-state index in [1.807, 2.05) is 10.7 Å². The third-order valence-electron chi connectivity index (χ3n) is 4.25. The molecule has 0 unspecified atom stereocenters. The molecule has 4 heterocycles. The van der Waals surface area contributed by atoms with Crippen molar-refractivity contribution < 1.29 is 0 Å². The lowest BCUT2D eigenvalue weighted by Crippen LogP contribution is -2.36. The van der Waals surface area contributed by atoms with Crippen molar-refractivity contribution in [3.8, 4) is 11.3 Å². The van der Waals surface area contributed by atoms with E-state index in [1.165, 1.54) is 0 Å². The van der Waals surface area contributed by atoms with Gasteiger partial charge < -0.3 is 4.90 Å². The molecular formula is C16H18N6S. The minimum atomic E-state index is 0.631. The highest BCUT2D eigenvalue weighted by atomic mass is 32.1. The summed E-state index contributed by atoms with van der Waals surface area (Å²) in [4.78, 5) is 10.9. The zero-order chi connectivity index (χ0) is 15.5. The molecule has 1 fully saturated rings. The highest BCUT2D eigenvalue weighted by molar-refractivity contribution is 7.08. The Balaban J connectivity index is 1.35. The summed E-state index contributed by atoms with van der Waals surface area (Å²) >= 11 is 1.68. The molecule has 0 aliphatic carbocycles. The van der Waals surface area contributed by atoms with Crippen LogP contribution in [-0.4, -0.2) is 38.1 Å². The number of nitrogens with zero attached hydrogens (tertiary/aromatic N) is 6. The molecule has 0 atom stereocenters. The summed E-state index contributed by atoms with van der Waals surface area (Å²) in [7, 11) is 0. The molecule has 0 aromatic carbocycles. The van der Waals surface area contributed by atoms with E-state index in [1.54, 1.807) is 23.7 Å². The first kappa shape index (κ1) is 14.3. The second kappa shape index (κ2) is 6.45. The fourth-order valence-corrected chi connectivity index (χ4v) is 3.61. The summed E-state index contributed by atoms with van der Waals surface area (Å²) in [5, 5.41) is 12.7. The largest absolute Gasteiger partial charge is 0.341 e. The van der Waals surface area contributed by atoms with Gasteiger partial charge in [0, 0.05) is 43.0 Å². The maximum absolute atomic E-state index is 4.33. The molecule has 7 heteroatoms. The van der Waals surface area contributed by atoms with Gasteiger partial charge in [-0.05, 0) is 36.3 Å². The topological polar surface area (TPSA) is 59.7 Å². The number of rotatable bonds is 4. The molecule has 23 heavy (non-hydrogen) atoms. The first-order valence-electron chi connectivity index (χ1n) is 7.83. The Labute approximate surface area is 138 Å². The van der Waals surface area contributed by atoms with E-state index in [4.69, 9.17) is 0 Å². The SMILES string of the molecule is c1cnc(N2CCC(Cn3cc(-c4ccsc4)nn3)CC2)nc1. The zero-order valence-corrected chi connectivity index (χ0v) is 13.6. The quantitative estimate of drug-likeness (QED) is 0.738. The first-order chi connectivity index (χ1) is 11.4. The van der Waals surface area contributed by atoms with Gasteiger partial charge in [-0.15, -0.1) is 5.10 Å². The maximum atomic E-state index is 4.33. The third kappa shape index (κ3) is 3.24. The second-order valence-electron chi connectivity index (χ2n) is 5.82. The lowest BCUT2D eigenvalue weighted by molar-refractivity contribution is 0.337. The average molecular weight is 326 g/mol. The Kier molecular flexibility index (Phi) is 4.02. The van der Waals surface area contributed by atoms with Gasteiger partial charge in [0.05, 0.1) is 6.20 Å². The van der Waals surface area contributed by atoms with Gasteiger partial charge >= 0.3 is 0 Å². The van der Waals surface area contributed by atoms with Crippen molar-refractivity contribution in [2.24, 2.45) is 5.92 Å². The molecule has 1 aliphatic heterocycles. The van der Waals surface area contributed by atoms with E-state index >= 15 is 0 Å². The van der Waals surface area contributed by atoms with Crippen LogP contribution >= 0.6 is 11.3 Å². The van der Waals surface area contributed by atoms with Crippen molar-refractivity contribution in [2.75, 3.05) is 18.0 Å². The standard InChI is InChI=1S/C16H18N6S/c1-5-17-16(18-6-1)21-7-2-13(3-8-21)10-22-11-15(19-20-22)14-4-9-23-12-14/h1,4-6,9,11-13H,2-3,7-8,10H2. The molecule has 4 rings (SSSR count). The molecule has 3 aromatic rings. The van der Waals surface area contributed by atoms with Crippen LogP contribution in [0.25, 0.3) is 11.3 Å². The van der Waals surface area contributed by atoms with Crippen LogP contribution in [-0.2, 0) is 6.54 Å². The molecule has 0 N–H and O–H groups in total. The van der Waals surface area contributed by atoms with Crippen molar-refractivity contribution in [1.82, 2.24) is 25.0 Å². The van der Waals surface area contributed by atoms with Crippen LogP contribution in [0, 0.1) is 5.92 Å². The van der Waals surface area contributed by atoms with Crippen molar-refractivity contribution in [3.05, 3.63) is 41.5 Å². The lowest BCUT2D eigenvalue weighted by Gasteiger charge is -2.31. The lowest BCUT2D eigenvalue weighted by atomic mass is 9.97. The Hall–Kier alpha value is -2.28. The minimum absolute atomic E-state index is 0.631. The summed E-state index contributed by atoms with van der Waals surface area (Å²) in [6, 6.07) is 3.93. The fourth-order valence-electron chi connectivity index (χ4n) is 2.96. The van der Waals surface area contributed by atoms with E-state index in [9.17, 15) is 0 Å². The predicted octanol–water partition coefficient (Wildman–Crippen LogP) is 2.71. The molecule has 0 radical (unpaired) electrons. The summed E-state index contributed by atoms with van der Waals surface area (Å²) in [5.41, 5.74) is 2.11. The number of aromatic nitrogens is 5. The van der Waals surface area contributed by atoms with E-state index in [2.05, 4.69) is 48.2 Å². The maximum Gasteiger partial charge on any atom is 0.225 e. The van der Waals surface area contributed by atoms with Gasteiger partial charge in [0.2, 0.25) is 5.95 Å². The molecule has 1 saturated heterocycles. The summed E-state index contributed by atoms with van der Waals surface area (Å²) < 4.78 is 1.98. The van der Waals surface area contributed by atoms with Crippen LogP contribution in [0.4, 0.5) is 5.95 Å². The Bertz CT molecular complexity index is 731. The summed E-state index contributed by atoms with van der Waals surface area (Å²) in [6.45, 7) is 2.93. The molecule has 0 bridgehead atoms. The van der Waals surface area contributed by atoms with Crippen LogP contribution in [0.1, 0.15) is 12.8 Å². The molecule has 1 aliphatic rings. The number of hydrogen-bond acceptors (Lipinski definition) is 6. The molecular weight excluding hydrogens is 308 g/mol. The smallest absolute Gasteiger partial charge is 0.225 e. The summed E-state index contributed by atoms with van der Waals surface area (Å²) in [6.07, 6.45) is 7.91. The zero-order valence-electron chi connectivity index (χ0n) is 12.7. The van der Waals surface area contributed by atoms with Gasteiger partial charge in [-0.1, -0.05) is 5.21 Å². The molecule has 3 aromatic heterocycles. The predicted molar refractivity (Wildman–Crippen MR) is 90.3 cm³/mol. The second-order valence-corrected chi connectivity index (χ2v) is 6.60. The van der Waals surface area contributed by atoms with E-state index in [-0.39, 0.29) is 0 Å². The highest BCUT2D eigenvalue weighted by Crippen LogP contribution is 2.23. The number of hydrogen-bond donors (Lipinski definition) is 0. The average Bonchev–Trinajstić information content (AvgIpc) is 3.28. The van der Waals surface area contributed by atoms with Crippen LogP contribution in [0.5, 0.6) is 0 Å². The molecule has 0 amide bonds. The van der Waals surface area contributed by atoms with E-state index in [0.29, 0.717) is 5.92 Å². The van der Waals surface area contributed by atoms with Crippen molar-refractivity contribution in [3.63, 3.8) is 0 Å². The number of thiophene rings is 1. The van der Waals surface area contributed by atoms with Crippen molar-refractivity contribution in [2.45, 2.75) is 19.4 Å². The van der Waals surface area contributed by atoms with Crippen LogP contribution in [0.15, 0.2) is 41.5 Å². The van der Waals surface area contributed by atoms with Crippen LogP contribution in [0.3, 0.4) is 0 Å². The van der Waals surface area contributed by atoms with Gasteiger partial charge in [0.1, 0.15) is 5.69 Å². The first-order valence-corrected chi connectivity index (χ1v) is 8.77. The number of piperidine rings is 1. The highest BCUT2D eigenvalue weighted by Gasteiger charge is 2.21. The molecule has 118 valence electrons. The van der Waals surface area contributed by atoms with Gasteiger partial charge in [0.15, 0.2) is 0 Å². The van der Waals surface area contributed by atoms with Crippen LogP contribution < -0.4 is 4.90 Å². The van der Waals surface area contributed by atoms with Crippen LogP contribution in [0.2, 0.25) is 0 Å². The van der Waals surface area contributed by atoms with Gasteiger partial charge in [0.25, 0.3) is 0 Å².